The summed E-state index contributed by atoms with van der Waals surface area (Å²) in [7, 11) is 1.62. The van der Waals surface area contributed by atoms with E-state index in [1.165, 1.54) is 4.90 Å². The third kappa shape index (κ3) is 5.91. The molecule has 1 atom stereocenters. The van der Waals surface area contributed by atoms with Crippen molar-refractivity contribution in [1.29, 1.82) is 0 Å². The number of ether oxygens (including phenoxy) is 1. The fourth-order valence-electron chi connectivity index (χ4n) is 2.30. The van der Waals surface area contributed by atoms with Crippen molar-refractivity contribution in [3.63, 3.8) is 0 Å². The lowest BCUT2D eigenvalue weighted by molar-refractivity contribution is -0.142. The number of carboxylic acid groups (broad SMARTS) is 1. The smallest absolute Gasteiger partial charge is 0.308 e. The fourth-order valence-corrected chi connectivity index (χ4v) is 2.30. The van der Waals surface area contributed by atoms with Crippen LogP contribution in [0.15, 0.2) is 48.8 Å². The number of benzene rings is 1. The first-order valence-electron chi connectivity index (χ1n) is 8.03. The second-order valence-electron chi connectivity index (χ2n) is 5.99. The third-order valence-electron chi connectivity index (χ3n) is 3.78. The van der Waals surface area contributed by atoms with Crippen molar-refractivity contribution in [3.05, 3.63) is 59.9 Å². The molecule has 1 aromatic carbocycles. The van der Waals surface area contributed by atoms with E-state index in [1.807, 2.05) is 36.4 Å². The zero-order chi connectivity index (χ0) is 18.2. The summed E-state index contributed by atoms with van der Waals surface area (Å²) in [5.41, 5.74) is 1.79. The lowest BCUT2D eigenvalue weighted by Gasteiger charge is -2.19. The number of carbonyl (C=O) groups is 2. The van der Waals surface area contributed by atoms with Crippen LogP contribution in [0.4, 0.5) is 0 Å². The topological polar surface area (TPSA) is 79.7 Å². The highest BCUT2D eigenvalue weighted by molar-refractivity contribution is 5.79. The van der Waals surface area contributed by atoms with Crippen molar-refractivity contribution in [2.24, 2.45) is 5.92 Å². The van der Waals surface area contributed by atoms with Crippen LogP contribution in [0.1, 0.15) is 18.1 Å². The number of carbonyl (C=O) groups excluding carboxylic acids is 1. The van der Waals surface area contributed by atoms with Crippen LogP contribution in [0.25, 0.3) is 0 Å². The molecule has 25 heavy (non-hydrogen) atoms. The lowest BCUT2D eigenvalue weighted by atomic mass is 10.1. The number of aromatic nitrogens is 1. The number of rotatable bonds is 8. The van der Waals surface area contributed by atoms with E-state index < -0.39 is 11.9 Å². The number of likely N-dealkylation sites (N-methyl/N-ethyl adjacent to an activating group) is 1. The van der Waals surface area contributed by atoms with Crippen LogP contribution < -0.4 is 4.74 Å². The zero-order valence-electron chi connectivity index (χ0n) is 14.4. The van der Waals surface area contributed by atoms with E-state index in [4.69, 9.17) is 9.84 Å². The van der Waals surface area contributed by atoms with Gasteiger partial charge in [0, 0.05) is 31.5 Å². The van der Waals surface area contributed by atoms with E-state index in [0.717, 1.165) is 11.1 Å². The Balaban J connectivity index is 1.92. The van der Waals surface area contributed by atoms with Crippen LogP contribution in [0.2, 0.25) is 0 Å². The van der Waals surface area contributed by atoms with Gasteiger partial charge in [0.25, 0.3) is 0 Å². The Hall–Kier alpha value is -2.89. The Morgan fingerprint density at radius 2 is 2.00 bits per heavy atom. The van der Waals surface area contributed by atoms with Gasteiger partial charge in [-0.05, 0) is 23.8 Å². The van der Waals surface area contributed by atoms with Crippen molar-refractivity contribution in [1.82, 2.24) is 9.88 Å². The van der Waals surface area contributed by atoms with E-state index in [0.29, 0.717) is 12.4 Å². The Morgan fingerprint density at radius 1 is 1.24 bits per heavy atom. The molecule has 0 saturated carbocycles. The summed E-state index contributed by atoms with van der Waals surface area (Å²) >= 11 is 0. The van der Waals surface area contributed by atoms with E-state index >= 15 is 0 Å². The van der Waals surface area contributed by atoms with Gasteiger partial charge in [-0.2, -0.15) is 0 Å². The average Bonchev–Trinajstić information content (AvgIpc) is 2.61. The lowest BCUT2D eigenvalue weighted by Crippen LogP contribution is -2.34. The molecule has 0 aliphatic heterocycles. The van der Waals surface area contributed by atoms with Crippen LogP contribution in [-0.4, -0.2) is 40.5 Å². The van der Waals surface area contributed by atoms with Gasteiger partial charge < -0.3 is 14.7 Å². The van der Waals surface area contributed by atoms with Gasteiger partial charge in [0.1, 0.15) is 12.4 Å². The van der Waals surface area contributed by atoms with Gasteiger partial charge in [-0.25, -0.2) is 0 Å². The van der Waals surface area contributed by atoms with E-state index in [2.05, 4.69) is 4.98 Å². The molecule has 1 heterocycles. The molecule has 1 aromatic heterocycles. The summed E-state index contributed by atoms with van der Waals surface area (Å²) in [6.07, 6.45) is 3.65. The molecule has 0 bridgehead atoms. The van der Waals surface area contributed by atoms with Gasteiger partial charge >= 0.3 is 5.97 Å². The minimum atomic E-state index is -0.912. The number of hydrogen-bond acceptors (Lipinski definition) is 4. The van der Waals surface area contributed by atoms with E-state index in [-0.39, 0.29) is 18.9 Å². The van der Waals surface area contributed by atoms with Crippen molar-refractivity contribution >= 4 is 11.9 Å². The predicted octanol–water partition coefficient (Wildman–Crippen LogP) is 2.38. The molecule has 1 unspecified atom stereocenters. The van der Waals surface area contributed by atoms with Crippen LogP contribution in [-0.2, 0) is 22.6 Å². The highest BCUT2D eigenvalue weighted by Gasteiger charge is 2.17. The second-order valence-corrected chi connectivity index (χ2v) is 5.99. The normalized spacial score (nSPS) is 11.6. The number of aliphatic carboxylic acids is 1. The Bertz CT molecular complexity index is 718. The summed E-state index contributed by atoms with van der Waals surface area (Å²) in [6.45, 7) is 2.17. The van der Waals surface area contributed by atoms with Gasteiger partial charge in [-0.1, -0.05) is 25.1 Å². The maximum Gasteiger partial charge on any atom is 0.308 e. The van der Waals surface area contributed by atoms with Gasteiger partial charge in [0.2, 0.25) is 5.91 Å². The number of amides is 1. The van der Waals surface area contributed by atoms with Gasteiger partial charge in [-0.15, -0.1) is 0 Å². The maximum absolute atomic E-state index is 12.2. The Morgan fingerprint density at radius 3 is 2.68 bits per heavy atom. The Kier molecular flexibility index (Phi) is 6.51. The Labute approximate surface area is 147 Å². The minimum Gasteiger partial charge on any atom is -0.489 e. The number of nitrogens with zero attached hydrogens (tertiary/aromatic N) is 2. The number of carboxylic acids is 1. The van der Waals surface area contributed by atoms with E-state index in [9.17, 15) is 9.59 Å². The minimum absolute atomic E-state index is 0.127. The van der Waals surface area contributed by atoms with Crippen LogP contribution in [0, 0.1) is 5.92 Å². The number of pyridine rings is 1. The molecule has 2 aromatic rings. The van der Waals surface area contributed by atoms with Crippen molar-refractivity contribution in [3.8, 4) is 5.75 Å². The largest absolute Gasteiger partial charge is 0.489 e. The van der Waals surface area contributed by atoms with Crippen molar-refractivity contribution in [2.45, 2.75) is 20.0 Å². The molecule has 0 fully saturated rings. The molecule has 1 amide bonds. The predicted molar refractivity (Wildman–Crippen MR) is 93.2 cm³/mol. The summed E-state index contributed by atoms with van der Waals surface area (Å²) < 4.78 is 5.73. The molecule has 132 valence electrons. The first kappa shape index (κ1) is 18.4. The maximum atomic E-state index is 12.2. The highest BCUT2D eigenvalue weighted by Crippen LogP contribution is 2.16. The highest BCUT2D eigenvalue weighted by atomic mass is 16.5. The molecule has 0 spiro atoms. The van der Waals surface area contributed by atoms with Crippen LogP contribution >= 0.6 is 0 Å². The fraction of sp³-hybridized carbons (Fsp3) is 0.316. The van der Waals surface area contributed by atoms with Crippen molar-refractivity contribution < 1.29 is 19.4 Å². The molecule has 1 N–H and O–H groups in total. The summed E-state index contributed by atoms with van der Waals surface area (Å²) in [6, 6.07) is 11.1. The van der Waals surface area contributed by atoms with Gasteiger partial charge in [-0.3, -0.25) is 14.6 Å². The molecule has 6 nitrogen and oxygen atoms in total. The second kappa shape index (κ2) is 8.82. The van der Waals surface area contributed by atoms with Gasteiger partial charge in [0.15, 0.2) is 0 Å². The molecule has 2 rings (SSSR count). The SMILES string of the molecule is CC(CN(C)C(=O)Cc1cccc(OCc2cccnc2)c1)C(=O)O. The third-order valence-corrected chi connectivity index (χ3v) is 3.78. The van der Waals surface area contributed by atoms with Crippen LogP contribution in [0.5, 0.6) is 5.75 Å². The average molecular weight is 342 g/mol. The number of hydrogen-bond donors (Lipinski definition) is 1. The quantitative estimate of drug-likeness (QED) is 0.797. The van der Waals surface area contributed by atoms with Crippen LogP contribution in [0.3, 0.4) is 0 Å². The monoisotopic (exact) mass is 342 g/mol. The molecular weight excluding hydrogens is 320 g/mol. The van der Waals surface area contributed by atoms with Crippen molar-refractivity contribution in [2.75, 3.05) is 13.6 Å². The molecule has 0 radical (unpaired) electrons. The van der Waals surface area contributed by atoms with E-state index in [1.54, 1.807) is 26.4 Å². The first-order chi connectivity index (χ1) is 12.0. The summed E-state index contributed by atoms with van der Waals surface area (Å²) in [5.74, 6) is -0.957. The molecule has 0 aliphatic rings. The molecule has 0 aliphatic carbocycles. The summed E-state index contributed by atoms with van der Waals surface area (Å²) in [4.78, 5) is 28.6. The molecule has 6 heteroatoms. The first-order valence-corrected chi connectivity index (χ1v) is 8.03. The molecular formula is C19H22N2O4. The standard InChI is InChI=1S/C19H22N2O4/c1-14(19(23)24)12-21(2)18(22)10-15-5-3-7-17(9-15)25-13-16-6-4-8-20-11-16/h3-9,11,14H,10,12-13H2,1-2H3,(H,23,24). The molecule has 0 saturated heterocycles. The zero-order valence-corrected chi connectivity index (χ0v) is 14.4. The van der Waals surface area contributed by atoms with Gasteiger partial charge in [0.05, 0.1) is 12.3 Å². The summed E-state index contributed by atoms with van der Waals surface area (Å²) in [5, 5.41) is 8.93.